The molecule has 106 valence electrons. The van der Waals surface area contributed by atoms with Crippen LogP contribution >= 0.6 is 43.5 Å². The Bertz CT molecular complexity index is 615. The van der Waals surface area contributed by atoms with Crippen molar-refractivity contribution < 1.29 is 9.84 Å². The number of halogens is 3. The molecule has 20 heavy (non-hydrogen) atoms. The minimum atomic E-state index is -0.585. The van der Waals surface area contributed by atoms with Crippen molar-refractivity contribution in [2.24, 2.45) is 0 Å². The van der Waals surface area contributed by atoms with Crippen LogP contribution in [0.25, 0.3) is 0 Å². The predicted octanol–water partition coefficient (Wildman–Crippen LogP) is 5.50. The van der Waals surface area contributed by atoms with E-state index in [2.05, 4.69) is 31.9 Å². The Morgan fingerprint density at radius 1 is 1.15 bits per heavy atom. The highest BCUT2D eigenvalue weighted by molar-refractivity contribution is 9.10. The van der Waals surface area contributed by atoms with E-state index >= 15 is 0 Å². The summed E-state index contributed by atoms with van der Waals surface area (Å²) >= 11 is 12.9. The summed E-state index contributed by atoms with van der Waals surface area (Å²) in [6.45, 7) is 2.06. The van der Waals surface area contributed by atoms with Gasteiger partial charge in [-0.1, -0.05) is 55.6 Å². The van der Waals surface area contributed by atoms with Crippen LogP contribution in [0.15, 0.2) is 45.3 Å². The zero-order valence-electron chi connectivity index (χ0n) is 10.7. The van der Waals surface area contributed by atoms with Crippen LogP contribution in [0.2, 0.25) is 5.02 Å². The average molecular weight is 421 g/mol. The van der Waals surface area contributed by atoms with E-state index in [0.717, 1.165) is 20.1 Å². The van der Waals surface area contributed by atoms with Crippen molar-refractivity contribution in [1.82, 2.24) is 0 Å². The molecule has 0 aliphatic carbocycles. The third kappa shape index (κ3) is 3.98. The summed E-state index contributed by atoms with van der Waals surface area (Å²) in [5.74, 6) is 0.647. The van der Waals surface area contributed by atoms with Crippen LogP contribution in [0.1, 0.15) is 24.2 Å². The summed E-state index contributed by atoms with van der Waals surface area (Å²) in [5, 5.41) is 10.4. The maximum atomic E-state index is 9.76. The number of hydrogen-bond donors (Lipinski definition) is 1. The van der Waals surface area contributed by atoms with Crippen molar-refractivity contribution in [3.05, 3.63) is 61.5 Å². The Morgan fingerprint density at radius 2 is 1.80 bits per heavy atom. The molecule has 1 N–H and O–H groups in total. The Kier molecular flexibility index (Phi) is 5.49. The maximum absolute atomic E-state index is 9.76. The smallest absolute Gasteiger partial charge is 0.126 e. The second-order valence-corrected chi connectivity index (χ2v) is 6.62. The van der Waals surface area contributed by atoms with Gasteiger partial charge in [-0.2, -0.15) is 0 Å². The average Bonchev–Trinajstić information content (AvgIpc) is 2.37. The van der Waals surface area contributed by atoms with E-state index in [0.29, 0.717) is 17.4 Å². The van der Waals surface area contributed by atoms with Gasteiger partial charge in [-0.25, -0.2) is 0 Å². The topological polar surface area (TPSA) is 29.5 Å². The van der Waals surface area contributed by atoms with Crippen LogP contribution in [0.4, 0.5) is 0 Å². The second kappa shape index (κ2) is 6.94. The molecular formula is C15H13Br2ClO2. The number of rotatable bonds is 4. The van der Waals surface area contributed by atoms with E-state index in [1.54, 1.807) is 6.92 Å². The highest BCUT2D eigenvalue weighted by Crippen LogP contribution is 2.30. The molecule has 0 aliphatic rings. The lowest BCUT2D eigenvalue weighted by Gasteiger charge is -2.14. The molecular weight excluding hydrogens is 407 g/mol. The zero-order chi connectivity index (χ0) is 14.7. The first-order valence-corrected chi connectivity index (χ1v) is 7.98. The molecule has 1 unspecified atom stereocenters. The van der Waals surface area contributed by atoms with Gasteiger partial charge in [0, 0.05) is 25.1 Å². The normalized spacial score (nSPS) is 12.2. The van der Waals surface area contributed by atoms with E-state index in [4.69, 9.17) is 16.3 Å². The molecule has 0 aliphatic heterocycles. The molecule has 0 amide bonds. The van der Waals surface area contributed by atoms with Gasteiger partial charge in [0.05, 0.1) is 6.10 Å². The van der Waals surface area contributed by atoms with E-state index in [1.165, 1.54) is 0 Å². The fourth-order valence-corrected chi connectivity index (χ4v) is 2.84. The number of aliphatic hydroxyl groups is 1. The molecule has 0 saturated carbocycles. The summed E-state index contributed by atoms with van der Waals surface area (Å²) in [6, 6.07) is 11.2. The lowest BCUT2D eigenvalue weighted by molar-refractivity contribution is 0.190. The Balaban J connectivity index is 2.20. The fraction of sp³-hybridized carbons (Fsp3) is 0.200. The molecule has 0 aromatic heterocycles. The van der Waals surface area contributed by atoms with Gasteiger partial charge in [-0.15, -0.1) is 0 Å². The molecule has 0 spiro atoms. The molecule has 2 nitrogen and oxygen atoms in total. The number of hydrogen-bond acceptors (Lipinski definition) is 2. The van der Waals surface area contributed by atoms with Crippen molar-refractivity contribution >= 4 is 43.5 Å². The monoisotopic (exact) mass is 418 g/mol. The lowest BCUT2D eigenvalue weighted by atomic mass is 10.1. The van der Waals surface area contributed by atoms with Gasteiger partial charge in [0.15, 0.2) is 0 Å². The third-order valence-corrected chi connectivity index (χ3v) is 4.16. The van der Waals surface area contributed by atoms with Crippen molar-refractivity contribution in [2.75, 3.05) is 0 Å². The van der Waals surface area contributed by atoms with Crippen LogP contribution in [-0.2, 0) is 6.61 Å². The van der Waals surface area contributed by atoms with Gasteiger partial charge >= 0.3 is 0 Å². The second-order valence-electron chi connectivity index (χ2n) is 4.38. The Labute approximate surface area is 140 Å². The van der Waals surface area contributed by atoms with Crippen LogP contribution in [0.3, 0.4) is 0 Å². The van der Waals surface area contributed by atoms with Crippen LogP contribution < -0.4 is 4.74 Å². The quantitative estimate of drug-likeness (QED) is 0.708. The summed E-state index contributed by atoms with van der Waals surface area (Å²) in [7, 11) is 0. The third-order valence-electron chi connectivity index (χ3n) is 2.82. The van der Waals surface area contributed by atoms with E-state index < -0.39 is 6.10 Å². The van der Waals surface area contributed by atoms with Crippen molar-refractivity contribution in [1.29, 1.82) is 0 Å². The van der Waals surface area contributed by atoms with Crippen LogP contribution in [0, 0.1) is 0 Å². The molecule has 5 heteroatoms. The highest BCUT2D eigenvalue weighted by Gasteiger charge is 2.11. The van der Waals surface area contributed by atoms with Gasteiger partial charge in [-0.05, 0) is 31.2 Å². The van der Waals surface area contributed by atoms with E-state index in [-0.39, 0.29) is 0 Å². The van der Waals surface area contributed by atoms with Gasteiger partial charge in [-0.3, -0.25) is 0 Å². The molecule has 2 aromatic carbocycles. The van der Waals surface area contributed by atoms with Gasteiger partial charge < -0.3 is 9.84 Å². The summed E-state index contributed by atoms with van der Waals surface area (Å²) in [6.07, 6.45) is -0.585. The van der Waals surface area contributed by atoms with Crippen LogP contribution in [0.5, 0.6) is 5.75 Å². The molecule has 2 rings (SSSR count). The van der Waals surface area contributed by atoms with Crippen molar-refractivity contribution in [2.45, 2.75) is 19.6 Å². The predicted molar refractivity (Wildman–Crippen MR) is 88.3 cm³/mol. The standard InChI is InChI=1S/C15H13Br2ClO2/c1-9(19)13-5-4-12(17)7-15(13)20-8-10-2-3-11(16)6-14(10)18/h2-7,9,19H,8H2,1H3. The largest absolute Gasteiger partial charge is 0.488 e. The first-order chi connectivity index (χ1) is 9.47. The molecule has 0 radical (unpaired) electrons. The summed E-state index contributed by atoms with van der Waals surface area (Å²) in [4.78, 5) is 0. The summed E-state index contributed by atoms with van der Waals surface area (Å²) in [5.41, 5.74) is 1.65. The number of aliphatic hydroxyl groups excluding tert-OH is 1. The van der Waals surface area contributed by atoms with Crippen LogP contribution in [-0.4, -0.2) is 5.11 Å². The van der Waals surface area contributed by atoms with E-state index in [9.17, 15) is 5.11 Å². The fourth-order valence-electron chi connectivity index (χ4n) is 1.77. The Morgan fingerprint density at radius 3 is 2.45 bits per heavy atom. The highest BCUT2D eigenvalue weighted by atomic mass is 79.9. The first kappa shape index (κ1) is 15.8. The van der Waals surface area contributed by atoms with Gasteiger partial charge in [0.1, 0.15) is 12.4 Å². The molecule has 0 heterocycles. The number of benzene rings is 2. The minimum absolute atomic E-state index is 0.349. The molecule has 0 fully saturated rings. The molecule has 0 bridgehead atoms. The summed E-state index contributed by atoms with van der Waals surface area (Å²) < 4.78 is 7.63. The maximum Gasteiger partial charge on any atom is 0.126 e. The zero-order valence-corrected chi connectivity index (χ0v) is 14.7. The Hall–Kier alpha value is -0.550. The molecule has 1 atom stereocenters. The van der Waals surface area contributed by atoms with Gasteiger partial charge in [0.25, 0.3) is 0 Å². The number of ether oxygens (including phenoxy) is 1. The van der Waals surface area contributed by atoms with Crippen molar-refractivity contribution in [3.63, 3.8) is 0 Å². The van der Waals surface area contributed by atoms with E-state index in [1.807, 2.05) is 36.4 Å². The lowest BCUT2D eigenvalue weighted by Crippen LogP contribution is -2.01. The first-order valence-electron chi connectivity index (χ1n) is 6.01. The minimum Gasteiger partial charge on any atom is -0.488 e. The van der Waals surface area contributed by atoms with Crippen molar-refractivity contribution in [3.8, 4) is 5.75 Å². The van der Waals surface area contributed by atoms with Gasteiger partial charge in [0.2, 0.25) is 0 Å². The SMILES string of the molecule is CC(O)c1ccc(Br)cc1OCc1ccc(Br)cc1Cl. The molecule has 2 aromatic rings. The molecule has 0 saturated heterocycles.